The van der Waals surface area contributed by atoms with Crippen molar-refractivity contribution in [2.75, 3.05) is 5.32 Å². The van der Waals surface area contributed by atoms with Crippen LogP contribution in [0.2, 0.25) is 0 Å². The first-order valence-corrected chi connectivity index (χ1v) is 5.89. The van der Waals surface area contributed by atoms with Crippen LogP contribution in [-0.4, -0.2) is 30.0 Å². The minimum atomic E-state index is -6.71. The number of rotatable bonds is 5. The van der Waals surface area contributed by atoms with Crippen LogP contribution in [0.1, 0.15) is 6.92 Å². The topological polar surface area (TPSA) is 38.3 Å². The summed E-state index contributed by atoms with van der Waals surface area (Å²) in [5.74, 6) is -16.8. The van der Waals surface area contributed by atoms with Crippen molar-refractivity contribution in [3.63, 3.8) is 0 Å². The highest BCUT2D eigenvalue weighted by Gasteiger charge is 2.76. The van der Waals surface area contributed by atoms with Crippen molar-refractivity contribution in [3.8, 4) is 5.75 Å². The molecule has 0 aliphatic carbocycles. The Morgan fingerprint density at radius 2 is 1.46 bits per heavy atom. The molecular formula is C12H8F9NO2. The number of ether oxygens (including phenoxy) is 1. The van der Waals surface area contributed by atoms with E-state index in [9.17, 15) is 44.3 Å². The lowest BCUT2D eigenvalue weighted by Gasteiger charge is -2.27. The van der Waals surface area contributed by atoms with E-state index in [1.54, 1.807) is 0 Å². The number of hydrogen-bond donors (Lipinski definition) is 1. The number of carbonyl (C=O) groups excluding carboxylic acids is 1. The quantitative estimate of drug-likeness (QED) is 0.779. The Morgan fingerprint density at radius 3 is 1.92 bits per heavy atom. The Kier molecular flexibility index (Phi) is 5.02. The van der Waals surface area contributed by atoms with Crippen LogP contribution in [0.15, 0.2) is 24.3 Å². The molecule has 0 bridgehead atoms. The molecule has 0 saturated heterocycles. The summed E-state index contributed by atoms with van der Waals surface area (Å²) in [6.07, 6.45) is -10.5. The van der Waals surface area contributed by atoms with E-state index >= 15 is 0 Å². The van der Waals surface area contributed by atoms with Crippen LogP contribution in [0, 0.1) is 0 Å². The molecule has 0 fully saturated rings. The minimum Gasteiger partial charge on any atom is -0.431 e. The lowest BCUT2D eigenvalue weighted by molar-refractivity contribution is -0.343. The van der Waals surface area contributed by atoms with E-state index in [1.807, 2.05) is 0 Å². The van der Waals surface area contributed by atoms with E-state index in [1.165, 1.54) is 0 Å². The first-order chi connectivity index (χ1) is 10.6. The van der Waals surface area contributed by atoms with Gasteiger partial charge in [-0.25, -0.2) is 0 Å². The summed E-state index contributed by atoms with van der Waals surface area (Å²) in [5.41, 5.74) is -0.943. The van der Waals surface area contributed by atoms with Crippen molar-refractivity contribution in [1.82, 2.24) is 0 Å². The van der Waals surface area contributed by atoms with Crippen LogP contribution < -0.4 is 10.1 Å². The standard InChI is InChI=1S/C12H8F9NO2/c1-9(13,14)24-7-5-3-2-4-6(7)22-8(23)10(15,16)11(17,18)12(19,20)21/h2-5H,1H3,(H,22,23). The van der Waals surface area contributed by atoms with Gasteiger partial charge in [0.15, 0.2) is 0 Å². The first kappa shape index (κ1) is 19.9. The van der Waals surface area contributed by atoms with Crippen molar-refractivity contribution in [3.05, 3.63) is 24.3 Å². The molecule has 1 aromatic rings. The number of benzene rings is 1. The van der Waals surface area contributed by atoms with Crippen molar-refractivity contribution >= 4 is 11.6 Å². The third-order valence-electron chi connectivity index (χ3n) is 2.46. The van der Waals surface area contributed by atoms with Gasteiger partial charge < -0.3 is 10.1 Å². The number of anilines is 1. The van der Waals surface area contributed by atoms with Crippen molar-refractivity contribution in [1.29, 1.82) is 0 Å². The summed E-state index contributed by atoms with van der Waals surface area (Å²) < 4.78 is 117. The highest BCUT2D eigenvalue weighted by Crippen LogP contribution is 2.47. The van der Waals surface area contributed by atoms with Crippen LogP contribution in [-0.2, 0) is 4.79 Å². The van der Waals surface area contributed by atoms with Gasteiger partial charge in [-0.1, -0.05) is 12.1 Å². The van der Waals surface area contributed by atoms with E-state index < -0.39 is 41.5 Å². The van der Waals surface area contributed by atoms with Crippen molar-refractivity contribution < 1.29 is 49.0 Å². The predicted molar refractivity (Wildman–Crippen MR) is 62.3 cm³/mol. The second-order valence-corrected chi connectivity index (χ2v) is 4.51. The molecule has 3 nitrogen and oxygen atoms in total. The third-order valence-corrected chi connectivity index (χ3v) is 2.46. The van der Waals surface area contributed by atoms with E-state index in [4.69, 9.17) is 0 Å². The molecule has 0 atom stereocenters. The summed E-state index contributed by atoms with van der Waals surface area (Å²) in [4.78, 5) is 11.2. The molecule has 1 aromatic carbocycles. The van der Waals surface area contributed by atoms with Crippen LogP contribution in [0.4, 0.5) is 45.2 Å². The van der Waals surface area contributed by atoms with Crippen LogP contribution in [0.5, 0.6) is 5.75 Å². The molecule has 24 heavy (non-hydrogen) atoms. The number of halogens is 9. The van der Waals surface area contributed by atoms with Crippen molar-refractivity contribution in [2.45, 2.75) is 31.1 Å². The Balaban J connectivity index is 3.12. The minimum absolute atomic E-state index is 0.248. The van der Waals surface area contributed by atoms with Gasteiger partial charge in [-0.3, -0.25) is 4.79 Å². The SMILES string of the molecule is CC(F)(F)Oc1ccccc1NC(=O)C(F)(F)C(F)(F)C(F)(F)F. The molecule has 1 rings (SSSR count). The highest BCUT2D eigenvalue weighted by molar-refractivity contribution is 5.98. The fourth-order valence-corrected chi connectivity index (χ4v) is 1.37. The number of hydrogen-bond acceptors (Lipinski definition) is 2. The molecule has 1 amide bonds. The maximum atomic E-state index is 13.2. The molecule has 12 heteroatoms. The summed E-state index contributed by atoms with van der Waals surface area (Å²) in [6.45, 7) is 0.248. The molecule has 1 N–H and O–H groups in total. The number of carbonyl (C=O) groups is 1. The summed E-state index contributed by atoms with van der Waals surface area (Å²) >= 11 is 0. The van der Waals surface area contributed by atoms with Gasteiger partial charge in [-0.2, -0.15) is 39.5 Å². The predicted octanol–water partition coefficient (Wildman–Crippen LogP) is 4.45. The molecule has 0 aliphatic rings. The van der Waals surface area contributed by atoms with Gasteiger partial charge in [-0.05, 0) is 12.1 Å². The number of amides is 1. The summed E-state index contributed by atoms with van der Waals surface area (Å²) in [6, 6.07) is 3.53. The van der Waals surface area contributed by atoms with Crippen LogP contribution in [0.3, 0.4) is 0 Å². The Hall–Kier alpha value is -2.14. The van der Waals surface area contributed by atoms with Crippen LogP contribution >= 0.6 is 0 Å². The maximum Gasteiger partial charge on any atom is 0.460 e. The molecule has 0 saturated carbocycles. The molecule has 0 aromatic heterocycles. The van der Waals surface area contributed by atoms with Gasteiger partial charge >= 0.3 is 30.0 Å². The van der Waals surface area contributed by atoms with Gasteiger partial charge in [0, 0.05) is 6.92 Å². The van der Waals surface area contributed by atoms with Crippen LogP contribution in [0.25, 0.3) is 0 Å². The van der Waals surface area contributed by atoms with E-state index in [-0.39, 0.29) is 6.92 Å². The zero-order chi connectivity index (χ0) is 19.0. The Labute approximate surface area is 128 Å². The van der Waals surface area contributed by atoms with Gasteiger partial charge in [-0.15, -0.1) is 0 Å². The highest BCUT2D eigenvalue weighted by atomic mass is 19.4. The van der Waals surface area contributed by atoms with E-state index in [0.717, 1.165) is 23.5 Å². The fraction of sp³-hybridized carbons (Fsp3) is 0.417. The number of para-hydroxylation sites is 2. The molecule has 136 valence electrons. The van der Waals surface area contributed by atoms with Crippen molar-refractivity contribution in [2.24, 2.45) is 0 Å². The van der Waals surface area contributed by atoms with Gasteiger partial charge in [0.05, 0.1) is 5.69 Å². The lowest BCUT2D eigenvalue weighted by atomic mass is 10.1. The largest absolute Gasteiger partial charge is 0.460 e. The lowest BCUT2D eigenvalue weighted by Crippen LogP contribution is -2.57. The molecule has 0 heterocycles. The van der Waals surface area contributed by atoms with Gasteiger partial charge in [0.2, 0.25) is 0 Å². The summed E-state index contributed by atoms with van der Waals surface area (Å²) in [5, 5.41) is 1.02. The zero-order valence-corrected chi connectivity index (χ0v) is 11.5. The average molecular weight is 369 g/mol. The summed E-state index contributed by atoms with van der Waals surface area (Å²) in [7, 11) is 0. The average Bonchev–Trinajstić information content (AvgIpc) is 2.37. The molecule has 0 spiro atoms. The maximum absolute atomic E-state index is 13.2. The molecule has 0 aliphatic heterocycles. The van der Waals surface area contributed by atoms with E-state index in [0.29, 0.717) is 6.07 Å². The molecule has 0 radical (unpaired) electrons. The molecule has 0 unspecified atom stereocenters. The number of nitrogens with one attached hydrogen (secondary N) is 1. The normalized spacial score (nSPS) is 13.6. The van der Waals surface area contributed by atoms with E-state index in [2.05, 4.69) is 4.74 Å². The monoisotopic (exact) mass is 369 g/mol. The zero-order valence-electron chi connectivity index (χ0n) is 11.5. The smallest absolute Gasteiger partial charge is 0.431 e. The second kappa shape index (κ2) is 6.06. The first-order valence-electron chi connectivity index (χ1n) is 5.89. The Bertz CT molecular complexity index is 607. The molecular weight excluding hydrogens is 361 g/mol. The fourth-order valence-electron chi connectivity index (χ4n) is 1.37. The van der Waals surface area contributed by atoms with Gasteiger partial charge in [0.1, 0.15) is 5.75 Å². The third kappa shape index (κ3) is 4.03. The number of alkyl halides is 9. The second-order valence-electron chi connectivity index (χ2n) is 4.51. The van der Waals surface area contributed by atoms with Gasteiger partial charge in [0.25, 0.3) is 0 Å². The Morgan fingerprint density at radius 1 is 0.958 bits per heavy atom.